The summed E-state index contributed by atoms with van der Waals surface area (Å²) in [6.07, 6.45) is 0. The molecule has 0 unspecified atom stereocenters. The van der Waals surface area contributed by atoms with Crippen molar-refractivity contribution in [1.29, 1.82) is 0 Å². The molecule has 0 bridgehead atoms. The second-order valence-corrected chi connectivity index (χ2v) is 8.41. The molecule has 1 amide bonds. The van der Waals surface area contributed by atoms with E-state index in [0.717, 1.165) is 44.1 Å². The lowest BCUT2D eigenvalue weighted by Gasteiger charge is -2.36. The van der Waals surface area contributed by atoms with Crippen molar-refractivity contribution in [3.63, 3.8) is 0 Å². The highest BCUT2D eigenvalue weighted by Crippen LogP contribution is 2.26. The molecule has 3 rings (SSSR count). The Hall–Kier alpha value is -2.08. The first kappa shape index (κ1) is 23.6. The molecule has 5 nitrogen and oxygen atoms in total. The zero-order valence-corrected chi connectivity index (χ0v) is 20.0. The number of benzene rings is 2. The maximum absolute atomic E-state index is 12.7. The topological polar surface area (TPSA) is 39.1 Å². The largest absolute Gasteiger partial charge is 0.354 e. The van der Waals surface area contributed by atoms with Gasteiger partial charge in [0.1, 0.15) is 5.84 Å². The molecule has 1 fully saturated rings. The van der Waals surface area contributed by atoms with Crippen LogP contribution in [0.15, 0.2) is 47.5 Å². The number of carbonyl (C=O) groups is 1. The Morgan fingerprint density at radius 3 is 1.97 bits per heavy atom. The first-order chi connectivity index (χ1) is 14.9. The Bertz CT molecular complexity index is 897. The van der Waals surface area contributed by atoms with Gasteiger partial charge >= 0.3 is 0 Å². The molecular weight excluding hydrogens is 431 g/mol. The van der Waals surface area contributed by atoms with E-state index in [1.807, 2.05) is 55.1 Å². The Labute approximate surface area is 195 Å². The number of likely N-dealkylation sites (N-methyl/N-ethyl adjacent to an activating group) is 1. The zero-order valence-electron chi connectivity index (χ0n) is 18.4. The molecule has 0 N–H and O–H groups in total. The minimum absolute atomic E-state index is 0.0493. The minimum Gasteiger partial charge on any atom is -0.354 e. The smallest absolute Gasteiger partial charge is 0.253 e. The van der Waals surface area contributed by atoms with Crippen LogP contribution in [0.4, 0.5) is 5.69 Å². The molecule has 0 atom stereocenters. The third kappa shape index (κ3) is 6.00. The van der Waals surface area contributed by atoms with Crippen molar-refractivity contribution in [2.75, 3.05) is 45.8 Å². The van der Waals surface area contributed by atoms with Gasteiger partial charge in [0.2, 0.25) is 0 Å². The highest BCUT2D eigenvalue weighted by Gasteiger charge is 2.21. The van der Waals surface area contributed by atoms with Crippen LogP contribution in [0.5, 0.6) is 0 Å². The maximum atomic E-state index is 12.7. The van der Waals surface area contributed by atoms with Crippen LogP contribution >= 0.6 is 23.2 Å². The van der Waals surface area contributed by atoms with Crippen LogP contribution in [0.1, 0.15) is 36.7 Å². The van der Waals surface area contributed by atoms with E-state index in [1.165, 1.54) is 0 Å². The van der Waals surface area contributed by atoms with Gasteiger partial charge in [-0.25, -0.2) is 4.99 Å². The predicted molar refractivity (Wildman–Crippen MR) is 130 cm³/mol. The number of halogens is 2. The first-order valence-corrected chi connectivity index (χ1v) is 11.6. The number of amidine groups is 1. The molecule has 0 spiro atoms. The van der Waals surface area contributed by atoms with Crippen LogP contribution in [-0.2, 0) is 0 Å². The molecule has 7 heteroatoms. The predicted octanol–water partition coefficient (Wildman–Crippen LogP) is 5.19. The average molecular weight is 461 g/mol. The van der Waals surface area contributed by atoms with Crippen molar-refractivity contribution >= 4 is 40.6 Å². The molecule has 1 heterocycles. The van der Waals surface area contributed by atoms with Crippen molar-refractivity contribution < 1.29 is 4.79 Å². The van der Waals surface area contributed by atoms with Gasteiger partial charge < -0.3 is 14.7 Å². The normalized spacial score (nSPS) is 15.3. The lowest BCUT2D eigenvalue weighted by molar-refractivity contribution is 0.0773. The van der Waals surface area contributed by atoms with Crippen LogP contribution in [-0.4, -0.2) is 72.3 Å². The molecule has 166 valence electrons. The summed E-state index contributed by atoms with van der Waals surface area (Å²) in [5, 5.41) is 1.11. The first-order valence-electron chi connectivity index (χ1n) is 10.9. The van der Waals surface area contributed by atoms with Crippen LogP contribution in [0.2, 0.25) is 10.0 Å². The minimum atomic E-state index is 0.0493. The van der Waals surface area contributed by atoms with E-state index in [0.29, 0.717) is 34.4 Å². The SMILES string of the molecule is CCN1CCN(C(=Nc2cc(Cl)cc(Cl)c2)c2ccc(C(=O)N(CC)CC)cc2)CC1. The number of amides is 1. The van der Waals surface area contributed by atoms with E-state index in [2.05, 4.69) is 16.7 Å². The molecule has 0 radical (unpaired) electrons. The van der Waals surface area contributed by atoms with Crippen molar-refractivity contribution in [2.45, 2.75) is 20.8 Å². The van der Waals surface area contributed by atoms with Crippen molar-refractivity contribution in [3.05, 3.63) is 63.6 Å². The quantitative estimate of drug-likeness (QED) is 0.439. The van der Waals surface area contributed by atoms with Gasteiger partial charge in [-0.15, -0.1) is 0 Å². The van der Waals surface area contributed by atoms with Crippen LogP contribution in [0.3, 0.4) is 0 Å². The summed E-state index contributed by atoms with van der Waals surface area (Å²) in [6, 6.07) is 13.1. The van der Waals surface area contributed by atoms with Crippen LogP contribution in [0.25, 0.3) is 0 Å². The van der Waals surface area contributed by atoms with Gasteiger partial charge in [0.15, 0.2) is 0 Å². The number of piperazine rings is 1. The standard InChI is InChI=1S/C24H30Cl2N4O/c1-4-28-11-13-30(14-12-28)23(27-22-16-20(25)15-21(26)17-22)18-7-9-19(10-8-18)24(31)29(5-2)6-3/h7-10,15-17H,4-6,11-14H2,1-3H3. The lowest BCUT2D eigenvalue weighted by Crippen LogP contribution is -2.48. The van der Waals surface area contributed by atoms with E-state index in [-0.39, 0.29) is 5.91 Å². The van der Waals surface area contributed by atoms with E-state index in [9.17, 15) is 4.79 Å². The van der Waals surface area contributed by atoms with Gasteiger partial charge in [-0.3, -0.25) is 4.79 Å². The fraction of sp³-hybridized carbons (Fsp3) is 0.417. The monoisotopic (exact) mass is 460 g/mol. The van der Waals surface area contributed by atoms with Crippen molar-refractivity contribution in [3.8, 4) is 0 Å². The molecule has 1 aliphatic rings. The number of hydrogen-bond acceptors (Lipinski definition) is 3. The fourth-order valence-electron chi connectivity index (χ4n) is 3.78. The van der Waals surface area contributed by atoms with Gasteiger partial charge in [0, 0.05) is 60.4 Å². The number of rotatable bonds is 6. The number of nitrogens with zero attached hydrogens (tertiary/aromatic N) is 4. The maximum Gasteiger partial charge on any atom is 0.253 e. The molecule has 31 heavy (non-hydrogen) atoms. The number of carbonyl (C=O) groups excluding carboxylic acids is 1. The third-order valence-electron chi connectivity index (χ3n) is 5.64. The number of aliphatic imine (C=N–C) groups is 1. The fourth-order valence-corrected chi connectivity index (χ4v) is 4.29. The second-order valence-electron chi connectivity index (χ2n) is 7.54. The van der Waals surface area contributed by atoms with Gasteiger partial charge in [-0.1, -0.05) is 42.3 Å². The highest BCUT2D eigenvalue weighted by molar-refractivity contribution is 6.35. The molecule has 1 saturated heterocycles. The summed E-state index contributed by atoms with van der Waals surface area (Å²) in [5.74, 6) is 0.921. The van der Waals surface area contributed by atoms with Gasteiger partial charge in [-0.2, -0.15) is 0 Å². The van der Waals surface area contributed by atoms with Gasteiger partial charge in [0.25, 0.3) is 5.91 Å². The second kappa shape index (κ2) is 11.0. The Morgan fingerprint density at radius 2 is 1.45 bits per heavy atom. The molecule has 2 aromatic carbocycles. The van der Waals surface area contributed by atoms with Gasteiger partial charge in [0.05, 0.1) is 5.69 Å². The van der Waals surface area contributed by atoms with Crippen LogP contribution in [0, 0.1) is 0 Å². The summed E-state index contributed by atoms with van der Waals surface area (Å²) in [6.45, 7) is 12.4. The van der Waals surface area contributed by atoms with Crippen molar-refractivity contribution in [2.24, 2.45) is 4.99 Å². The summed E-state index contributed by atoms with van der Waals surface area (Å²) in [4.78, 5) is 24.1. The van der Waals surface area contributed by atoms with E-state index in [4.69, 9.17) is 28.2 Å². The van der Waals surface area contributed by atoms with E-state index < -0.39 is 0 Å². The Balaban J connectivity index is 1.94. The Kier molecular flexibility index (Phi) is 8.35. The average Bonchev–Trinajstić information content (AvgIpc) is 2.78. The highest BCUT2D eigenvalue weighted by atomic mass is 35.5. The van der Waals surface area contributed by atoms with Gasteiger partial charge in [-0.05, 0) is 50.7 Å². The molecular formula is C24H30Cl2N4O. The summed E-state index contributed by atoms with van der Waals surface area (Å²) >= 11 is 12.4. The zero-order chi connectivity index (χ0) is 22.4. The summed E-state index contributed by atoms with van der Waals surface area (Å²) in [7, 11) is 0. The van der Waals surface area contributed by atoms with E-state index in [1.54, 1.807) is 6.07 Å². The summed E-state index contributed by atoms with van der Waals surface area (Å²) < 4.78 is 0. The van der Waals surface area contributed by atoms with E-state index >= 15 is 0 Å². The van der Waals surface area contributed by atoms with Crippen molar-refractivity contribution in [1.82, 2.24) is 14.7 Å². The number of hydrogen-bond donors (Lipinski definition) is 0. The molecule has 1 aliphatic heterocycles. The third-order valence-corrected chi connectivity index (χ3v) is 6.08. The molecule has 0 aliphatic carbocycles. The molecule has 0 saturated carbocycles. The summed E-state index contributed by atoms with van der Waals surface area (Å²) in [5.41, 5.74) is 2.37. The molecule has 2 aromatic rings. The lowest BCUT2D eigenvalue weighted by atomic mass is 10.1. The molecule has 0 aromatic heterocycles. The Morgan fingerprint density at radius 1 is 0.903 bits per heavy atom. The van der Waals surface area contributed by atoms with Crippen LogP contribution < -0.4 is 0 Å².